The van der Waals surface area contributed by atoms with E-state index in [-0.39, 0.29) is 30.4 Å². The molecule has 1 amide bonds. The Morgan fingerprint density at radius 3 is 2.33 bits per heavy atom. The molecule has 0 spiro atoms. The normalized spacial score (nSPS) is 13.8. The zero-order chi connectivity index (χ0) is 37.6. The van der Waals surface area contributed by atoms with Gasteiger partial charge in [-0.2, -0.15) is 0 Å². The Kier molecular flexibility index (Phi) is 12.0. The monoisotopic (exact) mass is 712 g/mol. The maximum absolute atomic E-state index is 12.9. The van der Waals surface area contributed by atoms with Crippen molar-refractivity contribution in [3.63, 3.8) is 0 Å². The van der Waals surface area contributed by atoms with E-state index >= 15 is 0 Å². The van der Waals surface area contributed by atoms with Gasteiger partial charge in [-0.15, -0.1) is 5.10 Å². The first-order valence-corrected chi connectivity index (χ1v) is 18.1. The van der Waals surface area contributed by atoms with Crippen LogP contribution < -0.4 is 0 Å². The Balaban J connectivity index is 1.26. The van der Waals surface area contributed by atoms with Crippen LogP contribution in [0.25, 0.3) is 11.0 Å². The number of ether oxygens (including phenoxy) is 4. The van der Waals surface area contributed by atoms with Crippen LogP contribution >= 0.6 is 0 Å². The molecule has 0 fully saturated rings. The number of carbonyl (C=O) groups is 3. The fourth-order valence-corrected chi connectivity index (χ4v) is 6.38. The molecule has 2 heterocycles. The minimum atomic E-state index is -0.573. The van der Waals surface area contributed by atoms with E-state index in [4.69, 9.17) is 18.9 Å². The van der Waals surface area contributed by atoms with Crippen LogP contribution in [0.3, 0.4) is 0 Å². The maximum atomic E-state index is 12.9. The fourth-order valence-electron chi connectivity index (χ4n) is 6.38. The predicted molar refractivity (Wildman–Crippen MR) is 198 cm³/mol. The number of hydrogen-bond acceptors (Lipinski definition) is 9. The van der Waals surface area contributed by atoms with E-state index in [1.54, 1.807) is 17.0 Å². The highest BCUT2D eigenvalue weighted by atomic mass is 16.6. The van der Waals surface area contributed by atoms with Crippen LogP contribution in [0, 0.1) is 6.92 Å². The van der Waals surface area contributed by atoms with Gasteiger partial charge in [0.25, 0.3) is 0 Å². The number of nitrogens with zero attached hydrogens (tertiary/aromatic N) is 4. The molecule has 5 rings (SSSR count). The summed E-state index contributed by atoms with van der Waals surface area (Å²) in [4.78, 5) is 39.8. The molecule has 0 saturated heterocycles. The van der Waals surface area contributed by atoms with Gasteiger partial charge in [0, 0.05) is 32.2 Å². The molecule has 0 radical (unpaired) electrons. The highest BCUT2D eigenvalue weighted by Crippen LogP contribution is 2.35. The number of fused-ring (bicyclic) bond motifs is 2. The van der Waals surface area contributed by atoms with E-state index in [1.807, 2.05) is 78.3 Å². The Morgan fingerprint density at radius 2 is 1.63 bits per heavy atom. The summed E-state index contributed by atoms with van der Waals surface area (Å²) in [5.41, 5.74) is 7.21. The van der Waals surface area contributed by atoms with Crippen molar-refractivity contribution in [3.8, 4) is 0 Å². The lowest BCUT2D eigenvalue weighted by molar-refractivity contribution is -0.143. The molecular formula is C41H52N4O7. The summed E-state index contributed by atoms with van der Waals surface area (Å²) in [5.74, 6) is -0.895. The van der Waals surface area contributed by atoms with Gasteiger partial charge in [0.05, 0.1) is 30.7 Å². The van der Waals surface area contributed by atoms with Crippen molar-refractivity contribution in [1.82, 2.24) is 19.9 Å². The highest BCUT2D eigenvalue weighted by molar-refractivity contribution is 5.89. The molecule has 0 bridgehead atoms. The number of aryl methyl sites for hydroxylation is 2. The molecule has 11 nitrogen and oxygen atoms in total. The summed E-state index contributed by atoms with van der Waals surface area (Å²) in [5, 5.41) is 9.01. The second-order valence-corrected chi connectivity index (χ2v) is 15.3. The third-order valence-corrected chi connectivity index (χ3v) is 8.85. The average molecular weight is 713 g/mol. The molecule has 11 heteroatoms. The van der Waals surface area contributed by atoms with Crippen LogP contribution in [0.1, 0.15) is 111 Å². The second kappa shape index (κ2) is 16.3. The molecule has 1 aromatic heterocycles. The molecule has 0 N–H and O–H groups in total. The summed E-state index contributed by atoms with van der Waals surface area (Å²) in [7, 11) is 0. The van der Waals surface area contributed by atoms with Crippen molar-refractivity contribution in [2.75, 3.05) is 19.8 Å². The Hall–Kier alpha value is -4.77. The third-order valence-electron chi connectivity index (χ3n) is 8.85. The first-order valence-electron chi connectivity index (χ1n) is 18.1. The lowest BCUT2D eigenvalue weighted by atomic mass is 9.83. The average Bonchev–Trinajstić information content (AvgIpc) is 3.49. The molecule has 1 aliphatic heterocycles. The van der Waals surface area contributed by atoms with Gasteiger partial charge in [-0.3, -0.25) is 4.79 Å². The van der Waals surface area contributed by atoms with Crippen LogP contribution in [0.15, 0.2) is 54.6 Å². The molecule has 4 aromatic rings. The van der Waals surface area contributed by atoms with Gasteiger partial charge in [0.15, 0.2) is 0 Å². The minimum absolute atomic E-state index is 0.171. The van der Waals surface area contributed by atoms with Crippen molar-refractivity contribution in [2.45, 2.75) is 111 Å². The molecule has 3 aromatic carbocycles. The van der Waals surface area contributed by atoms with Gasteiger partial charge in [0.2, 0.25) is 0 Å². The van der Waals surface area contributed by atoms with Crippen molar-refractivity contribution < 1.29 is 33.3 Å². The van der Waals surface area contributed by atoms with Gasteiger partial charge in [0.1, 0.15) is 16.7 Å². The Labute approximate surface area is 306 Å². The molecule has 0 saturated carbocycles. The summed E-state index contributed by atoms with van der Waals surface area (Å²) in [6.07, 6.45) is 1.31. The Morgan fingerprint density at radius 1 is 0.904 bits per heavy atom. The molecule has 1 aliphatic rings. The number of benzene rings is 3. The Bertz CT molecular complexity index is 1890. The van der Waals surface area contributed by atoms with Crippen LogP contribution in [0.5, 0.6) is 0 Å². The number of esters is 2. The molecule has 1 unspecified atom stereocenters. The SMILES string of the molecule is CCOC(=O)CC(c1ccc2c(c1)CN(C(=O)OC(C)(C)C)CC2)c1ccc2c(nnn2CCCOCc2ccc(C(=O)OC(C)(C)C)cc2)c1C. The highest BCUT2D eigenvalue weighted by Gasteiger charge is 2.28. The quantitative estimate of drug-likeness (QED) is 0.0827. The topological polar surface area (TPSA) is 122 Å². The molecule has 278 valence electrons. The number of aromatic nitrogens is 3. The predicted octanol–water partition coefficient (Wildman–Crippen LogP) is 7.68. The zero-order valence-electron chi connectivity index (χ0n) is 31.8. The van der Waals surface area contributed by atoms with Crippen molar-refractivity contribution in [2.24, 2.45) is 0 Å². The second-order valence-electron chi connectivity index (χ2n) is 15.3. The molecular weight excluding hydrogens is 660 g/mol. The van der Waals surface area contributed by atoms with Crippen molar-refractivity contribution in [3.05, 3.63) is 93.5 Å². The summed E-state index contributed by atoms with van der Waals surface area (Å²) < 4.78 is 24.3. The maximum Gasteiger partial charge on any atom is 0.410 e. The fraction of sp³-hybridized carbons (Fsp3) is 0.488. The van der Waals surface area contributed by atoms with Gasteiger partial charge >= 0.3 is 18.0 Å². The van der Waals surface area contributed by atoms with Gasteiger partial charge in [-0.1, -0.05) is 41.6 Å². The van der Waals surface area contributed by atoms with Crippen LogP contribution in [-0.4, -0.2) is 68.9 Å². The van der Waals surface area contributed by atoms with Crippen molar-refractivity contribution >= 4 is 29.1 Å². The van der Waals surface area contributed by atoms with Crippen molar-refractivity contribution in [1.29, 1.82) is 0 Å². The van der Waals surface area contributed by atoms with E-state index < -0.39 is 11.2 Å². The van der Waals surface area contributed by atoms with E-state index in [1.165, 1.54) is 5.56 Å². The van der Waals surface area contributed by atoms with Crippen LogP contribution in [-0.2, 0) is 49.9 Å². The van der Waals surface area contributed by atoms with E-state index in [0.29, 0.717) is 45.0 Å². The summed E-state index contributed by atoms with van der Waals surface area (Å²) in [6.45, 7) is 17.9. The number of carbonyl (C=O) groups excluding carboxylic acids is 3. The summed E-state index contributed by atoms with van der Waals surface area (Å²) in [6, 6.07) is 17.7. The minimum Gasteiger partial charge on any atom is -0.466 e. The third kappa shape index (κ3) is 9.97. The smallest absolute Gasteiger partial charge is 0.410 e. The first-order chi connectivity index (χ1) is 24.6. The van der Waals surface area contributed by atoms with E-state index in [0.717, 1.165) is 51.7 Å². The van der Waals surface area contributed by atoms with Gasteiger partial charge in [-0.25, -0.2) is 14.3 Å². The van der Waals surface area contributed by atoms with E-state index in [2.05, 4.69) is 34.6 Å². The largest absolute Gasteiger partial charge is 0.466 e. The number of amides is 1. The summed E-state index contributed by atoms with van der Waals surface area (Å²) >= 11 is 0. The molecule has 52 heavy (non-hydrogen) atoms. The van der Waals surface area contributed by atoms with Gasteiger partial charge < -0.3 is 23.8 Å². The van der Waals surface area contributed by atoms with Gasteiger partial charge in [-0.05, 0) is 120 Å². The molecule has 0 aliphatic carbocycles. The van der Waals surface area contributed by atoms with Crippen LogP contribution in [0.4, 0.5) is 4.79 Å². The lowest BCUT2D eigenvalue weighted by Gasteiger charge is -2.32. The zero-order valence-corrected chi connectivity index (χ0v) is 31.8. The standard InChI is InChI=1S/C41H52N4O7/c1-9-50-36(46)24-34(31-16-15-29-19-21-44(25-32(29)23-31)39(48)52-41(6,7)8)33-17-18-35-37(27(33)2)42-43-45(35)20-10-22-49-26-28-11-13-30(14-12-28)38(47)51-40(3,4)5/h11-18,23,34H,9-10,19-22,24-26H2,1-8H3. The number of hydrogen-bond donors (Lipinski definition) is 0. The van der Waals surface area contributed by atoms with Crippen LogP contribution in [0.2, 0.25) is 0 Å². The number of rotatable bonds is 12. The molecule has 1 atom stereocenters. The van der Waals surface area contributed by atoms with E-state index in [9.17, 15) is 14.4 Å². The lowest BCUT2D eigenvalue weighted by Crippen LogP contribution is -2.39. The first kappa shape index (κ1) is 38.5.